The summed E-state index contributed by atoms with van der Waals surface area (Å²) in [6, 6.07) is 4.75. The maximum Gasteiger partial charge on any atom is 0.122 e. The molecule has 1 aromatic heterocycles. The van der Waals surface area contributed by atoms with Crippen LogP contribution in [0.1, 0.15) is 36.8 Å². The summed E-state index contributed by atoms with van der Waals surface area (Å²) < 4.78 is 6.01. The van der Waals surface area contributed by atoms with E-state index in [1.807, 2.05) is 0 Å². The third-order valence-electron chi connectivity index (χ3n) is 3.96. The summed E-state index contributed by atoms with van der Waals surface area (Å²) in [5.41, 5.74) is 0. The molecule has 1 saturated carbocycles. The summed E-state index contributed by atoms with van der Waals surface area (Å²) in [4.78, 5) is 2.37. The molecule has 1 aromatic rings. The van der Waals surface area contributed by atoms with Crippen molar-refractivity contribution in [1.82, 2.24) is 10.2 Å². The molecule has 3 rings (SSSR count). The highest BCUT2D eigenvalue weighted by atomic mass is 16.3. The third-order valence-corrected chi connectivity index (χ3v) is 3.96. The lowest BCUT2D eigenvalue weighted by Crippen LogP contribution is -2.43. The largest absolute Gasteiger partial charge is 0.464 e. The van der Waals surface area contributed by atoms with Crippen LogP contribution in [0.4, 0.5) is 0 Å². The molecule has 3 nitrogen and oxygen atoms in total. The molecule has 88 valence electrons. The molecule has 0 radical (unpaired) electrons. The van der Waals surface area contributed by atoms with Crippen LogP contribution >= 0.6 is 0 Å². The Morgan fingerprint density at radius 2 is 2.12 bits per heavy atom. The molecule has 3 heteroatoms. The number of hydrogen-bond donors (Lipinski definition) is 1. The molecular weight excluding hydrogens is 200 g/mol. The molecule has 1 N–H and O–H groups in total. The molecule has 16 heavy (non-hydrogen) atoms. The zero-order valence-electron chi connectivity index (χ0n) is 10.1. The van der Waals surface area contributed by atoms with E-state index in [2.05, 4.69) is 36.3 Å². The Balaban J connectivity index is 1.75. The van der Waals surface area contributed by atoms with Crippen LogP contribution < -0.4 is 5.32 Å². The standard InChI is InChI=1S/C13H20N2O/c1-9-7-10(9)12-3-4-13(16-12)11-8-14-5-6-15(11)2/h3-4,9-11,14H,5-8H2,1-2H3. The predicted octanol–water partition coefficient (Wildman–Crippen LogP) is 1.98. The first-order valence-electron chi connectivity index (χ1n) is 6.26. The van der Waals surface area contributed by atoms with E-state index in [4.69, 9.17) is 4.42 Å². The van der Waals surface area contributed by atoms with Crippen LogP contribution in [0, 0.1) is 5.92 Å². The quantitative estimate of drug-likeness (QED) is 0.826. The molecule has 0 spiro atoms. The lowest BCUT2D eigenvalue weighted by Gasteiger charge is -2.31. The molecule has 1 aliphatic carbocycles. The molecule has 2 heterocycles. The number of rotatable bonds is 2. The van der Waals surface area contributed by atoms with Gasteiger partial charge in [-0.15, -0.1) is 0 Å². The van der Waals surface area contributed by atoms with Crippen LogP contribution in [-0.4, -0.2) is 31.6 Å². The van der Waals surface area contributed by atoms with E-state index in [1.54, 1.807) is 0 Å². The van der Waals surface area contributed by atoms with Crippen molar-refractivity contribution in [1.29, 1.82) is 0 Å². The van der Waals surface area contributed by atoms with Gasteiger partial charge in [0.1, 0.15) is 11.5 Å². The van der Waals surface area contributed by atoms with Gasteiger partial charge >= 0.3 is 0 Å². The van der Waals surface area contributed by atoms with Gasteiger partial charge < -0.3 is 9.73 Å². The topological polar surface area (TPSA) is 28.4 Å². The average molecular weight is 220 g/mol. The van der Waals surface area contributed by atoms with E-state index in [1.165, 1.54) is 12.2 Å². The van der Waals surface area contributed by atoms with Gasteiger partial charge in [0, 0.05) is 25.6 Å². The minimum absolute atomic E-state index is 0.413. The van der Waals surface area contributed by atoms with Gasteiger partial charge in [-0.05, 0) is 31.5 Å². The monoisotopic (exact) mass is 220 g/mol. The number of hydrogen-bond acceptors (Lipinski definition) is 3. The second-order valence-electron chi connectivity index (χ2n) is 5.26. The predicted molar refractivity (Wildman–Crippen MR) is 63.5 cm³/mol. The van der Waals surface area contributed by atoms with E-state index >= 15 is 0 Å². The lowest BCUT2D eigenvalue weighted by molar-refractivity contribution is 0.176. The molecular formula is C13H20N2O. The highest BCUT2D eigenvalue weighted by molar-refractivity contribution is 5.19. The van der Waals surface area contributed by atoms with Crippen molar-refractivity contribution in [3.63, 3.8) is 0 Å². The Labute approximate surface area is 96.8 Å². The SMILES string of the molecule is CC1CC1c1ccc(C2CNCCN2C)o1. The molecule has 2 aliphatic rings. The first-order valence-corrected chi connectivity index (χ1v) is 6.26. The molecule has 1 saturated heterocycles. The van der Waals surface area contributed by atoms with Crippen LogP contribution in [0.25, 0.3) is 0 Å². The molecule has 0 bridgehead atoms. The maximum atomic E-state index is 6.01. The summed E-state index contributed by atoms with van der Waals surface area (Å²) in [5, 5.41) is 3.42. The van der Waals surface area contributed by atoms with Gasteiger partial charge in [-0.3, -0.25) is 4.90 Å². The highest BCUT2D eigenvalue weighted by Gasteiger charge is 2.37. The molecule has 0 amide bonds. The van der Waals surface area contributed by atoms with E-state index in [-0.39, 0.29) is 0 Å². The third kappa shape index (κ3) is 1.78. The van der Waals surface area contributed by atoms with Crippen molar-refractivity contribution in [2.75, 3.05) is 26.7 Å². The number of piperazine rings is 1. The van der Waals surface area contributed by atoms with E-state index < -0.39 is 0 Å². The summed E-state index contributed by atoms with van der Waals surface area (Å²) in [6.45, 7) is 5.48. The number of furan rings is 1. The fraction of sp³-hybridized carbons (Fsp3) is 0.692. The van der Waals surface area contributed by atoms with Crippen molar-refractivity contribution in [3.8, 4) is 0 Å². The molecule has 1 aliphatic heterocycles. The van der Waals surface area contributed by atoms with E-state index in [9.17, 15) is 0 Å². The first kappa shape index (κ1) is 10.4. The van der Waals surface area contributed by atoms with Gasteiger partial charge in [0.15, 0.2) is 0 Å². The van der Waals surface area contributed by atoms with Crippen molar-refractivity contribution in [3.05, 3.63) is 23.7 Å². The highest BCUT2D eigenvalue weighted by Crippen LogP contribution is 2.47. The number of nitrogens with one attached hydrogen (secondary N) is 1. The average Bonchev–Trinajstić information content (AvgIpc) is 2.82. The summed E-state index contributed by atoms with van der Waals surface area (Å²) in [6.07, 6.45) is 1.30. The Kier molecular flexibility index (Phi) is 2.52. The fourth-order valence-corrected chi connectivity index (χ4v) is 2.59. The first-order chi connectivity index (χ1) is 7.75. The van der Waals surface area contributed by atoms with Crippen LogP contribution in [0.15, 0.2) is 16.5 Å². The molecule has 3 atom stereocenters. The van der Waals surface area contributed by atoms with E-state index in [0.29, 0.717) is 12.0 Å². The summed E-state index contributed by atoms with van der Waals surface area (Å²) >= 11 is 0. The summed E-state index contributed by atoms with van der Waals surface area (Å²) in [7, 11) is 2.17. The zero-order chi connectivity index (χ0) is 11.1. The smallest absolute Gasteiger partial charge is 0.122 e. The van der Waals surface area contributed by atoms with Crippen LogP contribution in [-0.2, 0) is 0 Å². The van der Waals surface area contributed by atoms with Crippen molar-refractivity contribution in [2.45, 2.75) is 25.3 Å². The lowest BCUT2D eigenvalue weighted by atomic mass is 10.1. The number of likely N-dealkylation sites (N-methyl/N-ethyl adjacent to an activating group) is 1. The minimum atomic E-state index is 0.413. The molecule has 3 unspecified atom stereocenters. The van der Waals surface area contributed by atoms with Gasteiger partial charge in [0.05, 0.1) is 6.04 Å². The van der Waals surface area contributed by atoms with Crippen LogP contribution in [0.2, 0.25) is 0 Å². The fourth-order valence-electron chi connectivity index (χ4n) is 2.59. The van der Waals surface area contributed by atoms with Crippen LogP contribution in [0.5, 0.6) is 0 Å². The van der Waals surface area contributed by atoms with Crippen molar-refractivity contribution < 1.29 is 4.42 Å². The van der Waals surface area contributed by atoms with Crippen LogP contribution in [0.3, 0.4) is 0 Å². The Morgan fingerprint density at radius 3 is 2.81 bits per heavy atom. The normalized spacial score (nSPS) is 35.2. The minimum Gasteiger partial charge on any atom is -0.464 e. The van der Waals surface area contributed by atoms with Gasteiger partial charge in [0.25, 0.3) is 0 Å². The second kappa shape index (κ2) is 3.90. The zero-order valence-corrected chi connectivity index (χ0v) is 10.1. The van der Waals surface area contributed by atoms with Crippen molar-refractivity contribution >= 4 is 0 Å². The van der Waals surface area contributed by atoms with Gasteiger partial charge in [-0.2, -0.15) is 0 Å². The molecule has 0 aromatic carbocycles. The maximum absolute atomic E-state index is 6.01. The van der Waals surface area contributed by atoms with E-state index in [0.717, 1.165) is 31.3 Å². The Bertz CT molecular complexity index is 374. The second-order valence-corrected chi connectivity index (χ2v) is 5.26. The van der Waals surface area contributed by atoms with Gasteiger partial charge in [0.2, 0.25) is 0 Å². The summed E-state index contributed by atoms with van der Waals surface area (Å²) in [5.74, 6) is 3.84. The number of nitrogens with zero attached hydrogens (tertiary/aromatic N) is 1. The Morgan fingerprint density at radius 1 is 1.38 bits per heavy atom. The molecule has 2 fully saturated rings. The van der Waals surface area contributed by atoms with Gasteiger partial charge in [-0.25, -0.2) is 0 Å². The van der Waals surface area contributed by atoms with Gasteiger partial charge in [-0.1, -0.05) is 6.92 Å². The van der Waals surface area contributed by atoms with Crippen molar-refractivity contribution in [2.24, 2.45) is 5.92 Å². The Hall–Kier alpha value is -0.800.